The van der Waals surface area contributed by atoms with E-state index in [0.29, 0.717) is 19.5 Å². The van der Waals surface area contributed by atoms with E-state index in [1.807, 2.05) is 24.3 Å². The lowest BCUT2D eigenvalue weighted by molar-refractivity contribution is 0.599. The molecule has 2 N–H and O–H groups in total. The van der Waals surface area contributed by atoms with Gasteiger partial charge in [0.05, 0.1) is 11.4 Å². The highest BCUT2D eigenvalue weighted by atomic mass is 32.2. The van der Waals surface area contributed by atoms with Gasteiger partial charge >= 0.3 is 0 Å². The lowest BCUT2D eigenvalue weighted by Crippen LogP contribution is -2.25. The quantitative estimate of drug-likeness (QED) is 0.806. The molecule has 0 radical (unpaired) electrons. The number of hydrogen-bond donors (Lipinski definition) is 1. The van der Waals surface area contributed by atoms with E-state index in [-0.39, 0.29) is 5.75 Å². The smallest absolute Gasteiger partial charge is 0.235 e. The van der Waals surface area contributed by atoms with Gasteiger partial charge < -0.3 is 5.73 Å². The first-order valence-corrected chi connectivity index (χ1v) is 6.54. The van der Waals surface area contributed by atoms with Crippen LogP contribution in [0.2, 0.25) is 0 Å². The minimum Gasteiger partial charge on any atom is -0.326 e. The highest BCUT2D eigenvalue weighted by Gasteiger charge is 2.28. The number of anilines is 1. The number of hydrogen-bond acceptors (Lipinski definition) is 3. The lowest BCUT2D eigenvalue weighted by Gasteiger charge is -2.17. The summed E-state index contributed by atoms with van der Waals surface area (Å²) in [7, 11) is -3.07. The zero-order valence-corrected chi connectivity index (χ0v) is 9.20. The maximum absolute atomic E-state index is 11.7. The molecule has 15 heavy (non-hydrogen) atoms. The van der Waals surface area contributed by atoms with Gasteiger partial charge in [0, 0.05) is 13.1 Å². The normalized spacial score (nSPS) is 19.4. The van der Waals surface area contributed by atoms with Crippen LogP contribution in [0.15, 0.2) is 24.3 Å². The van der Waals surface area contributed by atoms with E-state index in [0.717, 1.165) is 11.3 Å². The van der Waals surface area contributed by atoms with Crippen LogP contribution in [0.1, 0.15) is 12.0 Å². The largest absolute Gasteiger partial charge is 0.326 e. The van der Waals surface area contributed by atoms with Crippen LogP contribution in [-0.2, 0) is 16.6 Å². The second-order valence-electron chi connectivity index (χ2n) is 3.62. The molecule has 5 heteroatoms. The van der Waals surface area contributed by atoms with Gasteiger partial charge in [0.25, 0.3) is 0 Å². The van der Waals surface area contributed by atoms with Crippen molar-refractivity contribution in [2.24, 2.45) is 5.73 Å². The molecule has 1 fully saturated rings. The van der Waals surface area contributed by atoms with E-state index in [4.69, 9.17) is 5.73 Å². The summed E-state index contributed by atoms with van der Waals surface area (Å²) in [6, 6.07) is 7.38. The lowest BCUT2D eigenvalue weighted by atomic mass is 10.2. The Morgan fingerprint density at radius 3 is 2.80 bits per heavy atom. The van der Waals surface area contributed by atoms with Crippen molar-refractivity contribution >= 4 is 15.7 Å². The van der Waals surface area contributed by atoms with Crippen molar-refractivity contribution in [3.63, 3.8) is 0 Å². The fourth-order valence-corrected chi connectivity index (χ4v) is 3.32. The fraction of sp³-hybridized carbons (Fsp3) is 0.400. The zero-order valence-electron chi connectivity index (χ0n) is 8.39. The van der Waals surface area contributed by atoms with E-state index >= 15 is 0 Å². The third-order valence-electron chi connectivity index (χ3n) is 2.53. The van der Waals surface area contributed by atoms with Crippen molar-refractivity contribution in [2.75, 3.05) is 16.6 Å². The summed E-state index contributed by atoms with van der Waals surface area (Å²) >= 11 is 0. The van der Waals surface area contributed by atoms with Crippen molar-refractivity contribution in [3.05, 3.63) is 29.8 Å². The van der Waals surface area contributed by atoms with Crippen LogP contribution in [0.3, 0.4) is 0 Å². The van der Waals surface area contributed by atoms with Crippen molar-refractivity contribution in [3.8, 4) is 0 Å². The molecule has 0 amide bonds. The molecule has 0 aliphatic carbocycles. The molecule has 0 spiro atoms. The Kier molecular flexibility index (Phi) is 2.67. The third-order valence-corrected chi connectivity index (χ3v) is 4.40. The molecule has 0 bridgehead atoms. The second-order valence-corrected chi connectivity index (χ2v) is 5.63. The van der Waals surface area contributed by atoms with Crippen LogP contribution in [0.25, 0.3) is 0 Å². The summed E-state index contributed by atoms with van der Waals surface area (Å²) < 4.78 is 24.8. The van der Waals surface area contributed by atoms with Crippen molar-refractivity contribution in [1.82, 2.24) is 0 Å². The van der Waals surface area contributed by atoms with Crippen LogP contribution in [0.5, 0.6) is 0 Å². The molecule has 82 valence electrons. The minimum atomic E-state index is -3.07. The topological polar surface area (TPSA) is 63.4 Å². The molecule has 0 aromatic heterocycles. The van der Waals surface area contributed by atoms with Crippen LogP contribution in [-0.4, -0.2) is 20.7 Å². The summed E-state index contributed by atoms with van der Waals surface area (Å²) in [5.74, 6) is 0.250. The zero-order chi connectivity index (χ0) is 10.9. The molecule has 1 saturated heterocycles. The molecule has 0 unspecified atom stereocenters. The van der Waals surface area contributed by atoms with Crippen molar-refractivity contribution in [2.45, 2.75) is 13.0 Å². The van der Waals surface area contributed by atoms with Crippen LogP contribution < -0.4 is 10.0 Å². The highest BCUT2D eigenvalue weighted by Crippen LogP contribution is 2.24. The Labute approximate surface area is 89.7 Å². The van der Waals surface area contributed by atoms with Gasteiger partial charge in [-0.3, -0.25) is 4.31 Å². The van der Waals surface area contributed by atoms with Crippen LogP contribution in [0, 0.1) is 0 Å². The number of nitrogens with two attached hydrogens (primary N) is 1. The van der Waals surface area contributed by atoms with E-state index in [1.165, 1.54) is 4.31 Å². The molecule has 1 aliphatic heterocycles. The fourth-order valence-electron chi connectivity index (χ4n) is 1.77. The molecule has 0 atom stereocenters. The Hall–Kier alpha value is -1.07. The Morgan fingerprint density at radius 2 is 2.20 bits per heavy atom. The van der Waals surface area contributed by atoms with Crippen LogP contribution >= 0.6 is 0 Å². The summed E-state index contributed by atoms with van der Waals surface area (Å²) in [5.41, 5.74) is 7.20. The van der Waals surface area contributed by atoms with Crippen LogP contribution in [0.4, 0.5) is 5.69 Å². The van der Waals surface area contributed by atoms with Gasteiger partial charge in [-0.1, -0.05) is 12.1 Å². The van der Waals surface area contributed by atoms with Gasteiger partial charge in [-0.15, -0.1) is 0 Å². The molecule has 1 aliphatic rings. The summed E-state index contributed by atoms with van der Waals surface area (Å²) in [6.45, 7) is 1.01. The molecular formula is C10H14N2O2S. The summed E-state index contributed by atoms with van der Waals surface area (Å²) in [6.07, 6.45) is 0.704. The summed E-state index contributed by atoms with van der Waals surface area (Å²) in [5, 5.41) is 0. The Balaban J connectivity index is 2.37. The van der Waals surface area contributed by atoms with Crippen molar-refractivity contribution in [1.29, 1.82) is 0 Å². The first-order chi connectivity index (χ1) is 7.13. The minimum absolute atomic E-state index is 0.250. The average Bonchev–Trinajstić information content (AvgIpc) is 2.58. The first-order valence-electron chi connectivity index (χ1n) is 4.93. The predicted molar refractivity (Wildman–Crippen MR) is 60.1 cm³/mol. The molecular weight excluding hydrogens is 212 g/mol. The van der Waals surface area contributed by atoms with Gasteiger partial charge in [-0.05, 0) is 24.1 Å². The number of rotatable bonds is 2. The average molecular weight is 226 g/mol. The monoisotopic (exact) mass is 226 g/mol. The number of benzene rings is 1. The van der Waals surface area contributed by atoms with E-state index < -0.39 is 10.0 Å². The molecule has 4 nitrogen and oxygen atoms in total. The summed E-state index contributed by atoms with van der Waals surface area (Å²) in [4.78, 5) is 0. The first kappa shape index (κ1) is 10.4. The molecule has 1 heterocycles. The molecule has 1 aromatic carbocycles. The van der Waals surface area contributed by atoms with E-state index in [9.17, 15) is 8.42 Å². The highest BCUT2D eigenvalue weighted by molar-refractivity contribution is 7.93. The standard InChI is InChI=1S/C10H14N2O2S/c11-8-9-3-1-4-10(7-9)12-5-2-6-15(12,13)14/h1,3-4,7H,2,5-6,8,11H2. The van der Waals surface area contributed by atoms with Gasteiger partial charge in [-0.2, -0.15) is 0 Å². The Bertz CT molecular complexity index is 456. The number of nitrogens with zero attached hydrogens (tertiary/aromatic N) is 1. The third kappa shape index (κ3) is 1.98. The second kappa shape index (κ2) is 3.83. The SMILES string of the molecule is NCc1cccc(N2CCCS2(=O)=O)c1. The maximum Gasteiger partial charge on any atom is 0.235 e. The van der Waals surface area contributed by atoms with E-state index in [2.05, 4.69) is 0 Å². The van der Waals surface area contributed by atoms with Gasteiger partial charge in [0.15, 0.2) is 0 Å². The van der Waals surface area contributed by atoms with Crippen molar-refractivity contribution < 1.29 is 8.42 Å². The maximum atomic E-state index is 11.7. The number of sulfonamides is 1. The predicted octanol–water partition coefficient (Wildman–Crippen LogP) is 0.685. The van der Waals surface area contributed by atoms with Gasteiger partial charge in [-0.25, -0.2) is 8.42 Å². The van der Waals surface area contributed by atoms with Gasteiger partial charge in [0.2, 0.25) is 10.0 Å². The van der Waals surface area contributed by atoms with E-state index in [1.54, 1.807) is 0 Å². The Morgan fingerprint density at radius 1 is 1.40 bits per heavy atom. The molecule has 1 aromatic rings. The molecule has 2 rings (SSSR count). The molecule has 0 saturated carbocycles. The van der Waals surface area contributed by atoms with Gasteiger partial charge in [0.1, 0.15) is 0 Å².